The SMILES string of the molecule is CCNc1cc(Sc2cc(C)nn2C)nc(C(C)C)n1. The van der Waals surface area contributed by atoms with E-state index in [4.69, 9.17) is 0 Å². The van der Waals surface area contributed by atoms with Crippen LogP contribution in [-0.4, -0.2) is 26.3 Å². The highest BCUT2D eigenvalue weighted by molar-refractivity contribution is 7.99. The summed E-state index contributed by atoms with van der Waals surface area (Å²) in [6, 6.07) is 4.05. The first kappa shape index (κ1) is 14.8. The molecule has 0 amide bonds. The Hall–Kier alpha value is -1.56. The Balaban J connectivity index is 2.32. The lowest BCUT2D eigenvalue weighted by atomic mass is 10.2. The molecule has 0 aliphatic carbocycles. The van der Waals surface area contributed by atoms with Crippen molar-refractivity contribution >= 4 is 17.6 Å². The van der Waals surface area contributed by atoms with Crippen molar-refractivity contribution in [3.63, 3.8) is 0 Å². The van der Waals surface area contributed by atoms with Gasteiger partial charge in [-0.05, 0) is 19.9 Å². The number of rotatable bonds is 5. The fraction of sp³-hybridized carbons (Fsp3) is 0.500. The van der Waals surface area contributed by atoms with Crippen molar-refractivity contribution in [1.29, 1.82) is 0 Å². The molecule has 20 heavy (non-hydrogen) atoms. The number of aromatic nitrogens is 4. The van der Waals surface area contributed by atoms with Gasteiger partial charge in [0.2, 0.25) is 0 Å². The monoisotopic (exact) mass is 291 g/mol. The number of anilines is 1. The van der Waals surface area contributed by atoms with E-state index in [2.05, 4.69) is 47.2 Å². The second-order valence-corrected chi connectivity index (χ2v) is 6.02. The minimum absolute atomic E-state index is 0.307. The lowest BCUT2D eigenvalue weighted by Gasteiger charge is -2.10. The molecule has 0 aromatic carbocycles. The summed E-state index contributed by atoms with van der Waals surface area (Å²) >= 11 is 1.62. The highest BCUT2D eigenvalue weighted by Crippen LogP contribution is 2.28. The summed E-state index contributed by atoms with van der Waals surface area (Å²) in [4.78, 5) is 9.17. The average molecular weight is 291 g/mol. The normalized spacial score (nSPS) is 11.1. The van der Waals surface area contributed by atoms with Crippen molar-refractivity contribution in [3.8, 4) is 0 Å². The van der Waals surface area contributed by atoms with Gasteiger partial charge in [-0.25, -0.2) is 9.97 Å². The topological polar surface area (TPSA) is 55.6 Å². The molecule has 0 aliphatic rings. The maximum Gasteiger partial charge on any atom is 0.134 e. The van der Waals surface area contributed by atoms with E-state index in [0.717, 1.165) is 33.9 Å². The standard InChI is InChI=1S/C14H21N5S/c1-6-15-11-8-12(17-14(16-11)9(2)3)20-13-7-10(4)18-19(13)5/h7-9H,6H2,1-5H3,(H,15,16,17). The summed E-state index contributed by atoms with van der Waals surface area (Å²) in [6.07, 6.45) is 0. The molecule has 5 nitrogen and oxygen atoms in total. The molecule has 0 unspecified atom stereocenters. The van der Waals surface area contributed by atoms with Crippen LogP contribution in [0.2, 0.25) is 0 Å². The quantitative estimate of drug-likeness (QED) is 0.857. The molecule has 6 heteroatoms. The summed E-state index contributed by atoms with van der Waals surface area (Å²) < 4.78 is 1.88. The van der Waals surface area contributed by atoms with Crippen LogP contribution in [0, 0.1) is 6.92 Å². The molecular formula is C14H21N5S. The highest BCUT2D eigenvalue weighted by Gasteiger charge is 2.11. The van der Waals surface area contributed by atoms with Gasteiger partial charge in [0.05, 0.1) is 5.69 Å². The van der Waals surface area contributed by atoms with Gasteiger partial charge in [0.1, 0.15) is 21.7 Å². The van der Waals surface area contributed by atoms with Crippen molar-refractivity contribution < 1.29 is 0 Å². The molecule has 0 atom stereocenters. The summed E-state index contributed by atoms with van der Waals surface area (Å²) in [5.41, 5.74) is 1.01. The van der Waals surface area contributed by atoms with Gasteiger partial charge in [0, 0.05) is 25.6 Å². The van der Waals surface area contributed by atoms with Crippen LogP contribution in [0.1, 0.15) is 38.2 Å². The first-order valence-corrected chi connectivity index (χ1v) is 7.62. The zero-order chi connectivity index (χ0) is 14.7. The number of nitrogens with zero attached hydrogens (tertiary/aromatic N) is 4. The zero-order valence-electron chi connectivity index (χ0n) is 12.6. The van der Waals surface area contributed by atoms with E-state index in [1.54, 1.807) is 11.8 Å². The predicted octanol–water partition coefficient (Wildman–Crippen LogP) is 3.22. The smallest absolute Gasteiger partial charge is 0.134 e. The predicted molar refractivity (Wildman–Crippen MR) is 82.4 cm³/mol. The minimum Gasteiger partial charge on any atom is -0.370 e. The van der Waals surface area contributed by atoms with Crippen LogP contribution < -0.4 is 5.32 Å². The van der Waals surface area contributed by atoms with Crippen LogP contribution >= 0.6 is 11.8 Å². The van der Waals surface area contributed by atoms with Crippen LogP contribution in [0.25, 0.3) is 0 Å². The van der Waals surface area contributed by atoms with E-state index >= 15 is 0 Å². The summed E-state index contributed by atoms with van der Waals surface area (Å²) in [7, 11) is 1.95. The van der Waals surface area contributed by atoms with E-state index in [1.807, 2.05) is 24.7 Å². The lowest BCUT2D eigenvalue weighted by Crippen LogP contribution is -2.05. The highest BCUT2D eigenvalue weighted by atomic mass is 32.2. The van der Waals surface area contributed by atoms with Crippen LogP contribution in [0.4, 0.5) is 5.82 Å². The first-order chi connectivity index (χ1) is 9.49. The van der Waals surface area contributed by atoms with E-state index in [0.29, 0.717) is 5.92 Å². The maximum absolute atomic E-state index is 4.63. The molecule has 2 aromatic rings. The summed E-state index contributed by atoms with van der Waals surface area (Å²) in [5, 5.41) is 9.65. The van der Waals surface area contributed by atoms with Crippen LogP contribution in [0.15, 0.2) is 22.2 Å². The average Bonchev–Trinajstić information content (AvgIpc) is 2.68. The molecule has 0 radical (unpaired) electrons. The van der Waals surface area contributed by atoms with E-state index in [9.17, 15) is 0 Å². The molecule has 0 fully saturated rings. The molecule has 0 bridgehead atoms. The van der Waals surface area contributed by atoms with E-state index in [-0.39, 0.29) is 0 Å². The fourth-order valence-electron chi connectivity index (χ4n) is 1.81. The van der Waals surface area contributed by atoms with Gasteiger partial charge in [-0.15, -0.1) is 0 Å². The second kappa shape index (κ2) is 6.26. The molecule has 0 saturated heterocycles. The van der Waals surface area contributed by atoms with Gasteiger partial charge < -0.3 is 5.32 Å². The van der Waals surface area contributed by atoms with Crippen molar-refractivity contribution in [2.24, 2.45) is 7.05 Å². The number of hydrogen-bond acceptors (Lipinski definition) is 5. The number of aryl methyl sites for hydroxylation is 2. The third-order valence-electron chi connectivity index (χ3n) is 2.76. The Labute approximate surface area is 124 Å². The maximum atomic E-state index is 4.63. The van der Waals surface area contributed by atoms with Gasteiger partial charge >= 0.3 is 0 Å². The lowest BCUT2D eigenvalue weighted by molar-refractivity contribution is 0.691. The third-order valence-corrected chi connectivity index (χ3v) is 3.77. The van der Waals surface area contributed by atoms with Crippen molar-refractivity contribution in [2.75, 3.05) is 11.9 Å². The number of hydrogen-bond donors (Lipinski definition) is 1. The Morgan fingerprint density at radius 2 is 2.05 bits per heavy atom. The van der Waals surface area contributed by atoms with E-state index in [1.165, 1.54) is 0 Å². The van der Waals surface area contributed by atoms with Gasteiger partial charge in [-0.1, -0.05) is 25.6 Å². The first-order valence-electron chi connectivity index (χ1n) is 6.81. The van der Waals surface area contributed by atoms with Gasteiger partial charge in [0.15, 0.2) is 0 Å². The minimum atomic E-state index is 0.307. The van der Waals surface area contributed by atoms with Gasteiger partial charge in [-0.3, -0.25) is 4.68 Å². The molecule has 2 rings (SSSR count). The number of nitrogens with one attached hydrogen (secondary N) is 1. The Kier molecular flexibility index (Phi) is 4.65. The zero-order valence-corrected chi connectivity index (χ0v) is 13.5. The van der Waals surface area contributed by atoms with Crippen molar-refractivity contribution in [1.82, 2.24) is 19.7 Å². The van der Waals surface area contributed by atoms with Crippen LogP contribution in [-0.2, 0) is 7.05 Å². The fourth-order valence-corrected chi connectivity index (χ4v) is 2.74. The summed E-state index contributed by atoms with van der Waals surface area (Å²) in [6.45, 7) is 9.12. The van der Waals surface area contributed by atoms with Crippen LogP contribution in [0.3, 0.4) is 0 Å². The molecule has 2 aromatic heterocycles. The van der Waals surface area contributed by atoms with Gasteiger partial charge in [0.25, 0.3) is 0 Å². The van der Waals surface area contributed by atoms with Gasteiger partial charge in [-0.2, -0.15) is 5.10 Å². The molecule has 108 valence electrons. The summed E-state index contributed by atoms with van der Waals surface area (Å²) in [5.74, 6) is 2.05. The second-order valence-electron chi connectivity index (χ2n) is 4.98. The Morgan fingerprint density at radius 1 is 1.30 bits per heavy atom. The van der Waals surface area contributed by atoms with E-state index < -0.39 is 0 Å². The Bertz CT molecular complexity index is 591. The van der Waals surface area contributed by atoms with Crippen LogP contribution in [0.5, 0.6) is 0 Å². The van der Waals surface area contributed by atoms with Crippen molar-refractivity contribution in [2.45, 2.75) is 43.7 Å². The Morgan fingerprint density at radius 3 is 2.60 bits per heavy atom. The molecule has 0 saturated carbocycles. The third kappa shape index (κ3) is 3.50. The molecule has 0 spiro atoms. The molecule has 2 heterocycles. The molecule has 0 aliphatic heterocycles. The largest absolute Gasteiger partial charge is 0.370 e. The molecule has 1 N–H and O–H groups in total. The van der Waals surface area contributed by atoms with Crippen molar-refractivity contribution in [3.05, 3.63) is 23.7 Å². The molecular weight excluding hydrogens is 270 g/mol.